The van der Waals surface area contributed by atoms with Crippen LogP contribution in [0.2, 0.25) is 5.02 Å². The average Bonchev–Trinajstić information content (AvgIpc) is 2.57. The molecule has 2 amide bonds. The van der Waals surface area contributed by atoms with Gasteiger partial charge in [0.15, 0.2) is 5.82 Å². The summed E-state index contributed by atoms with van der Waals surface area (Å²) in [5, 5.41) is 2.54. The third-order valence-electron chi connectivity index (χ3n) is 3.32. The minimum absolute atomic E-state index is 0.0119. The third-order valence-corrected chi connectivity index (χ3v) is 3.64. The van der Waals surface area contributed by atoms with E-state index in [1.807, 2.05) is 0 Å². The fourth-order valence-corrected chi connectivity index (χ4v) is 2.40. The van der Waals surface area contributed by atoms with E-state index in [1.165, 1.54) is 25.4 Å². The van der Waals surface area contributed by atoms with E-state index in [0.29, 0.717) is 0 Å². The lowest BCUT2D eigenvalue weighted by molar-refractivity contribution is 0.0598. The number of carbonyl (C=O) groups is 2. The van der Waals surface area contributed by atoms with E-state index < -0.39 is 23.4 Å². The summed E-state index contributed by atoms with van der Waals surface area (Å²) in [4.78, 5) is 29.6. The van der Waals surface area contributed by atoms with E-state index in [9.17, 15) is 14.0 Å². The number of nitrogen functional groups attached to an aromatic ring is 1. The number of hydrogen-bond donors (Lipinski definition) is 2. The van der Waals surface area contributed by atoms with Crippen molar-refractivity contribution < 1.29 is 18.7 Å². The number of nitrogens with zero attached hydrogens (tertiary/aromatic N) is 2. The molecular formula is C18H20ClFN4O3. The number of halogens is 2. The fraction of sp³-hybridized carbons (Fsp3) is 0.278. The van der Waals surface area contributed by atoms with Crippen LogP contribution in [-0.4, -0.2) is 29.6 Å². The number of pyridine rings is 1. The Bertz CT molecular complexity index is 883. The van der Waals surface area contributed by atoms with Gasteiger partial charge in [0.2, 0.25) is 0 Å². The Kier molecular flexibility index (Phi) is 5.90. The topological polar surface area (TPSA) is 97.5 Å². The first-order valence-corrected chi connectivity index (χ1v) is 8.37. The smallest absolute Gasteiger partial charge is 0.420 e. The zero-order valence-corrected chi connectivity index (χ0v) is 16.1. The molecule has 0 aliphatic heterocycles. The Morgan fingerprint density at radius 2 is 1.96 bits per heavy atom. The molecule has 1 aromatic heterocycles. The van der Waals surface area contributed by atoms with E-state index in [-0.39, 0.29) is 27.8 Å². The molecule has 27 heavy (non-hydrogen) atoms. The maximum atomic E-state index is 13.8. The lowest BCUT2D eigenvalue weighted by Gasteiger charge is -2.28. The summed E-state index contributed by atoms with van der Waals surface area (Å²) in [6.45, 7) is 5.05. The van der Waals surface area contributed by atoms with Gasteiger partial charge in [-0.1, -0.05) is 11.6 Å². The van der Waals surface area contributed by atoms with E-state index in [0.717, 1.165) is 17.0 Å². The number of aromatic nitrogens is 1. The molecule has 0 aliphatic rings. The number of ether oxygens (including phenoxy) is 1. The minimum atomic E-state index is -0.845. The molecule has 0 aliphatic carbocycles. The molecule has 144 valence electrons. The highest BCUT2D eigenvalue weighted by Crippen LogP contribution is 2.35. The lowest BCUT2D eigenvalue weighted by atomic mass is 10.2. The van der Waals surface area contributed by atoms with Crippen molar-refractivity contribution in [3.8, 4) is 0 Å². The number of benzene rings is 1. The van der Waals surface area contributed by atoms with Crippen molar-refractivity contribution in [1.29, 1.82) is 0 Å². The van der Waals surface area contributed by atoms with Crippen LogP contribution in [0.5, 0.6) is 0 Å². The van der Waals surface area contributed by atoms with Gasteiger partial charge in [0.25, 0.3) is 5.91 Å². The molecule has 2 aromatic rings. The number of hydrogen-bond acceptors (Lipinski definition) is 5. The SMILES string of the molecule is CNC(=O)c1cnc(N(C(=O)OC(C)(C)C)c2cc(F)ccc2Cl)c(N)c1. The van der Waals surface area contributed by atoms with Gasteiger partial charge in [0.1, 0.15) is 11.4 Å². The number of anilines is 3. The summed E-state index contributed by atoms with van der Waals surface area (Å²) in [6, 6.07) is 4.88. The molecular weight excluding hydrogens is 375 g/mol. The van der Waals surface area contributed by atoms with Gasteiger partial charge in [-0.15, -0.1) is 0 Å². The predicted octanol–water partition coefficient (Wildman–Crippen LogP) is 3.89. The zero-order valence-electron chi connectivity index (χ0n) is 15.3. The molecule has 9 heteroatoms. The molecule has 0 unspecified atom stereocenters. The molecule has 1 heterocycles. The Hall–Kier alpha value is -2.87. The quantitative estimate of drug-likeness (QED) is 0.823. The molecule has 0 atom stereocenters. The lowest BCUT2D eigenvalue weighted by Crippen LogP contribution is -2.35. The molecule has 0 spiro atoms. The van der Waals surface area contributed by atoms with Gasteiger partial charge < -0.3 is 15.8 Å². The van der Waals surface area contributed by atoms with Crippen molar-refractivity contribution >= 4 is 40.8 Å². The van der Waals surface area contributed by atoms with Gasteiger partial charge >= 0.3 is 6.09 Å². The van der Waals surface area contributed by atoms with Crippen molar-refractivity contribution in [3.05, 3.63) is 46.9 Å². The van der Waals surface area contributed by atoms with Crippen LogP contribution >= 0.6 is 11.6 Å². The zero-order chi connectivity index (χ0) is 20.4. The van der Waals surface area contributed by atoms with Gasteiger partial charge in [0, 0.05) is 13.2 Å². The van der Waals surface area contributed by atoms with Crippen LogP contribution < -0.4 is 16.0 Å². The first-order valence-electron chi connectivity index (χ1n) is 7.99. The average molecular weight is 395 g/mol. The maximum Gasteiger partial charge on any atom is 0.420 e. The second-order valence-electron chi connectivity index (χ2n) is 6.63. The normalized spacial score (nSPS) is 11.0. The molecule has 2 rings (SSSR count). The van der Waals surface area contributed by atoms with Gasteiger partial charge in [-0.25, -0.2) is 19.1 Å². The molecule has 1 aromatic carbocycles. The minimum Gasteiger partial charge on any atom is -0.443 e. The van der Waals surface area contributed by atoms with Crippen molar-refractivity contribution in [2.45, 2.75) is 26.4 Å². The molecule has 0 saturated carbocycles. The van der Waals surface area contributed by atoms with Crippen LogP contribution in [0.25, 0.3) is 0 Å². The second kappa shape index (κ2) is 7.79. The highest BCUT2D eigenvalue weighted by atomic mass is 35.5. The molecule has 0 radical (unpaired) electrons. The van der Waals surface area contributed by atoms with Crippen molar-refractivity contribution in [1.82, 2.24) is 10.3 Å². The number of carbonyl (C=O) groups excluding carboxylic acids is 2. The maximum absolute atomic E-state index is 13.8. The largest absolute Gasteiger partial charge is 0.443 e. The molecule has 0 fully saturated rings. The number of nitrogens with one attached hydrogen (secondary N) is 1. The Balaban J connectivity index is 2.61. The fourth-order valence-electron chi connectivity index (χ4n) is 2.19. The number of nitrogens with two attached hydrogens (primary N) is 1. The van der Waals surface area contributed by atoms with Crippen LogP contribution in [0, 0.1) is 5.82 Å². The summed E-state index contributed by atoms with van der Waals surface area (Å²) >= 11 is 6.16. The van der Waals surface area contributed by atoms with Crippen molar-refractivity contribution in [3.63, 3.8) is 0 Å². The summed E-state index contributed by atoms with van der Waals surface area (Å²) < 4.78 is 19.2. The van der Waals surface area contributed by atoms with Crippen LogP contribution in [0.3, 0.4) is 0 Å². The second-order valence-corrected chi connectivity index (χ2v) is 7.03. The molecule has 0 bridgehead atoms. The van der Waals surface area contributed by atoms with Gasteiger partial charge in [-0.2, -0.15) is 0 Å². The van der Waals surface area contributed by atoms with E-state index >= 15 is 0 Å². The van der Waals surface area contributed by atoms with Crippen molar-refractivity contribution in [2.75, 3.05) is 17.7 Å². The Morgan fingerprint density at radius 1 is 1.30 bits per heavy atom. The van der Waals surface area contributed by atoms with E-state index in [4.69, 9.17) is 22.1 Å². The van der Waals surface area contributed by atoms with Crippen LogP contribution in [-0.2, 0) is 4.74 Å². The van der Waals surface area contributed by atoms with Crippen LogP contribution in [0.15, 0.2) is 30.5 Å². The standard InChI is InChI=1S/C18H20ClFN4O3/c1-18(2,3)27-17(26)24(14-8-11(20)5-6-12(14)19)15-13(21)7-10(9-23-15)16(25)22-4/h5-9H,21H2,1-4H3,(H,22,25). The van der Waals surface area contributed by atoms with Gasteiger partial charge in [-0.3, -0.25) is 4.79 Å². The number of amides is 2. The summed E-state index contributed by atoms with van der Waals surface area (Å²) in [6.07, 6.45) is 0.400. The van der Waals surface area contributed by atoms with Crippen molar-refractivity contribution in [2.24, 2.45) is 0 Å². The van der Waals surface area contributed by atoms with E-state index in [2.05, 4.69) is 10.3 Å². The van der Waals surface area contributed by atoms with Crippen LogP contribution in [0.4, 0.5) is 26.4 Å². The van der Waals surface area contributed by atoms with Gasteiger partial charge in [-0.05, 0) is 45.0 Å². The monoisotopic (exact) mass is 394 g/mol. The Morgan fingerprint density at radius 3 is 2.52 bits per heavy atom. The highest BCUT2D eigenvalue weighted by Gasteiger charge is 2.29. The highest BCUT2D eigenvalue weighted by molar-refractivity contribution is 6.34. The Labute approximate surface area is 161 Å². The molecule has 0 saturated heterocycles. The molecule has 7 nitrogen and oxygen atoms in total. The predicted molar refractivity (Wildman–Crippen MR) is 102 cm³/mol. The summed E-state index contributed by atoms with van der Waals surface area (Å²) in [5.74, 6) is -1.04. The third kappa shape index (κ3) is 4.85. The number of rotatable bonds is 3. The first-order chi connectivity index (χ1) is 12.5. The summed E-state index contributed by atoms with van der Waals surface area (Å²) in [7, 11) is 1.46. The van der Waals surface area contributed by atoms with Gasteiger partial charge in [0.05, 0.1) is 22.0 Å². The summed E-state index contributed by atoms with van der Waals surface area (Å²) in [5.41, 5.74) is 5.42. The molecule has 3 N–H and O–H groups in total. The van der Waals surface area contributed by atoms with Crippen LogP contribution in [0.1, 0.15) is 31.1 Å². The first kappa shape index (κ1) is 20.4. The van der Waals surface area contributed by atoms with E-state index in [1.54, 1.807) is 20.8 Å².